The van der Waals surface area contributed by atoms with Gasteiger partial charge in [0.1, 0.15) is 0 Å². The Morgan fingerprint density at radius 2 is 2.00 bits per heavy atom. The molecule has 0 bridgehead atoms. The molecule has 1 aliphatic heterocycles. The van der Waals surface area contributed by atoms with Crippen molar-refractivity contribution in [2.45, 2.75) is 37.8 Å². The Morgan fingerprint density at radius 3 is 2.75 bits per heavy atom. The lowest BCUT2D eigenvalue weighted by molar-refractivity contribution is -0.0752. The van der Waals surface area contributed by atoms with Gasteiger partial charge in [0.25, 0.3) is 5.91 Å². The predicted octanol–water partition coefficient (Wildman–Crippen LogP) is 2.34. The van der Waals surface area contributed by atoms with Gasteiger partial charge in [-0.25, -0.2) is 0 Å². The van der Waals surface area contributed by atoms with Crippen LogP contribution in [0.15, 0.2) is 24.3 Å². The van der Waals surface area contributed by atoms with Crippen molar-refractivity contribution >= 4 is 5.91 Å². The number of benzene rings is 1. The molecule has 2 aliphatic rings. The molecule has 1 aliphatic carbocycles. The van der Waals surface area contributed by atoms with E-state index in [2.05, 4.69) is 6.07 Å². The minimum Gasteiger partial charge on any atom is -0.374 e. The predicted molar refractivity (Wildman–Crippen MR) is 74.2 cm³/mol. The fraction of sp³-hybridized carbons (Fsp3) is 0.500. The molecule has 2 unspecified atom stereocenters. The first-order valence-corrected chi connectivity index (χ1v) is 7.22. The Labute approximate surface area is 118 Å². The second kappa shape index (κ2) is 5.64. The van der Waals surface area contributed by atoms with E-state index in [0.717, 1.165) is 12.8 Å². The smallest absolute Gasteiger partial charge is 0.254 e. The van der Waals surface area contributed by atoms with E-state index in [0.29, 0.717) is 24.3 Å². The van der Waals surface area contributed by atoms with Crippen molar-refractivity contribution in [3.63, 3.8) is 0 Å². The molecule has 1 amide bonds. The van der Waals surface area contributed by atoms with Crippen LogP contribution in [0.2, 0.25) is 0 Å². The molecule has 1 aromatic carbocycles. The maximum absolute atomic E-state index is 12.6. The molecule has 2 atom stereocenters. The third-order valence-electron chi connectivity index (χ3n) is 4.25. The molecule has 4 nitrogen and oxygen atoms in total. The van der Waals surface area contributed by atoms with Gasteiger partial charge in [-0.05, 0) is 37.1 Å². The summed E-state index contributed by atoms with van der Waals surface area (Å²) in [5, 5.41) is 8.81. The molecule has 0 N–H and O–H groups in total. The zero-order valence-corrected chi connectivity index (χ0v) is 11.4. The van der Waals surface area contributed by atoms with Gasteiger partial charge in [-0.3, -0.25) is 4.79 Å². The largest absolute Gasteiger partial charge is 0.374 e. The van der Waals surface area contributed by atoms with Gasteiger partial charge in [-0.15, -0.1) is 0 Å². The number of nitrogens with zero attached hydrogens (tertiary/aromatic N) is 2. The van der Waals surface area contributed by atoms with Crippen LogP contribution in [0.5, 0.6) is 0 Å². The fourth-order valence-electron chi connectivity index (χ4n) is 3.20. The molecular weight excluding hydrogens is 252 g/mol. The summed E-state index contributed by atoms with van der Waals surface area (Å²) in [5.74, 6) is 0.0645. The molecule has 104 valence electrons. The van der Waals surface area contributed by atoms with Crippen molar-refractivity contribution < 1.29 is 9.53 Å². The highest BCUT2D eigenvalue weighted by molar-refractivity contribution is 5.94. The minimum atomic E-state index is 0.0645. The molecule has 0 aromatic heterocycles. The topological polar surface area (TPSA) is 53.3 Å². The van der Waals surface area contributed by atoms with E-state index in [1.807, 2.05) is 4.90 Å². The van der Waals surface area contributed by atoms with Crippen LogP contribution in [0.25, 0.3) is 0 Å². The van der Waals surface area contributed by atoms with Gasteiger partial charge in [-0.2, -0.15) is 5.26 Å². The molecule has 1 saturated heterocycles. The number of ether oxygens (including phenoxy) is 1. The maximum atomic E-state index is 12.6. The van der Waals surface area contributed by atoms with Gasteiger partial charge < -0.3 is 9.64 Å². The van der Waals surface area contributed by atoms with E-state index in [4.69, 9.17) is 10.00 Å². The van der Waals surface area contributed by atoms with Crippen LogP contribution in [-0.2, 0) is 4.74 Å². The van der Waals surface area contributed by atoms with Gasteiger partial charge in [0.05, 0.1) is 30.4 Å². The first-order valence-electron chi connectivity index (χ1n) is 7.22. The summed E-state index contributed by atoms with van der Waals surface area (Å²) in [6.45, 7) is 1.29. The van der Waals surface area contributed by atoms with Gasteiger partial charge in [0.15, 0.2) is 0 Å². The Hall–Kier alpha value is -1.86. The summed E-state index contributed by atoms with van der Waals surface area (Å²) >= 11 is 0. The van der Waals surface area contributed by atoms with E-state index in [1.54, 1.807) is 24.3 Å². The van der Waals surface area contributed by atoms with Crippen molar-refractivity contribution in [3.8, 4) is 6.07 Å². The van der Waals surface area contributed by atoms with E-state index >= 15 is 0 Å². The Balaban J connectivity index is 1.79. The van der Waals surface area contributed by atoms with Crippen LogP contribution in [0, 0.1) is 11.3 Å². The number of hydrogen-bond donors (Lipinski definition) is 0. The van der Waals surface area contributed by atoms with Crippen molar-refractivity contribution in [1.82, 2.24) is 4.90 Å². The van der Waals surface area contributed by atoms with Crippen LogP contribution in [0.1, 0.15) is 41.6 Å². The van der Waals surface area contributed by atoms with Crippen LogP contribution in [0.3, 0.4) is 0 Å². The molecular formula is C16H18N2O2. The average molecular weight is 270 g/mol. The van der Waals surface area contributed by atoms with E-state index in [9.17, 15) is 4.79 Å². The average Bonchev–Trinajstić information content (AvgIpc) is 2.54. The third-order valence-corrected chi connectivity index (χ3v) is 4.25. The second-order valence-electron chi connectivity index (χ2n) is 5.45. The third kappa shape index (κ3) is 2.41. The first kappa shape index (κ1) is 13.1. The number of rotatable bonds is 1. The van der Waals surface area contributed by atoms with Gasteiger partial charge in [-0.1, -0.05) is 12.8 Å². The summed E-state index contributed by atoms with van der Waals surface area (Å²) in [4.78, 5) is 14.6. The molecule has 0 radical (unpaired) electrons. The van der Waals surface area contributed by atoms with Crippen LogP contribution < -0.4 is 0 Å². The second-order valence-corrected chi connectivity index (χ2v) is 5.45. The number of fused-ring (bicyclic) bond motifs is 1. The normalized spacial score (nSPS) is 25.6. The maximum Gasteiger partial charge on any atom is 0.254 e. The summed E-state index contributed by atoms with van der Waals surface area (Å²) in [6, 6.07) is 9.19. The number of morpholine rings is 1. The lowest BCUT2D eigenvalue weighted by Gasteiger charge is -2.43. The SMILES string of the molecule is N#Cc1ccc(C(=O)N2CCOC3CCCCC32)cc1. The summed E-state index contributed by atoms with van der Waals surface area (Å²) in [7, 11) is 0. The Bertz CT molecular complexity index is 530. The lowest BCUT2D eigenvalue weighted by Crippen LogP contribution is -2.54. The Kier molecular flexibility index (Phi) is 3.70. The first-order chi connectivity index (χ1) is 9.79. The van der Waals surface area contributed by atoms with Gasteiger partial charge in [0.2, 0.25) is 0 Å². The van der Waals surface area contributed by atoms with Crippen molar-refractivity contribution in [1.29, 1.82) is 5.26 Å². The van der Waals surface area contributed by atoms with Gasteiger partial charge in [0, 0.05) is 12.1 Å². The highest BCUT2D eigenvalue weighted by Crippen LogP contribution is 2.29. The number of nitriles is 1. The zero-order chi connectivity index (χ0) is 13.9. The molecule has 20 heavy (non-hydrogen) atoms. The van der Waals surface area contributed by atoms with Crippen molar-refractivity contribution in [3.05, 3.63) is 35.4 Å². The van der Waals surface area contributed by atoms with Crippen molar-refractivity contribution in [2.24, 2.45) is 0 Å². The van der Waals surface area contributed by atoms with Crippen LogP contribution in [-0.4, -0.2) is 36.1 Å². The molecule has 1 saturated carbocycles. The number of hydrogen-bond acceptors (Lipinski definition) is 3. The monoisotopic (exact) mass is 270 g/mol. The summed E-state index contributed by atoms with van der Waals surface area (Å²) < 4.78 is 5.80. The quantitative estimate of drug-likeness (QED) is 0.787. The molecule has 4 heteroatoms. The molecule has 1 heterocycles. The highest BCUT2D eigenvalue weighted by atomic mass is 16.5. The molecule has 1 aromatic rings. The number of amides is 1. The lowest BCUT2D eigenvalue weighted by atomic mass is 9.89. The summed E-state index contributed by atoms with van der Waals surface area (Å²) in [6.07, 6.45) is 4.66. The zero-order valence-electron chi connectivity index (χ0n) is 11.4. The minimum absolute atomic E-state index is 0.0645. The van der Waals surface area contributed by atoms with Gasteiger partial charge >= 0.3 is 0 Å². The fourth-order valence-corrected chi connectivity index (χ4v) is 3.20. The van der Waals surface area contributed by atoms with Crippen molar-refractivity contribution in [2.75, 3.05) is 13.2 Å². The Morgan fingerprint density at radius 1 is 1.25 bits per heavy atom. The van der Waals surface area contributed by atoms with E-state index < -0.39 is 0 Å². The highest BCUT2D eigenvalue weighted by Gasteiger charge is 2.36. The number of carbonyl (C=O) groups excluding carboxylic acids is 1. The summed E-state index contributed by atoms with van der Waals surface area (Å²) in [5.41, 5.74) is 1.24. The molecule has 3 rings (SSSR count). The standard InChI is InChI=1S/C16H18N2O2/c17-11-12-5-7-13(8-6-12)16(19)18-9-10-20-15-4-2-1-3-14(15)18/h5-8,14-15H,1-4,9-10H2. The molecule has 0 spiro atoms. The van der Waals surface area contributed by atoms with Crippen LogP contribution in [0.4, 0.5) is 0 Å². The number of carbonyl (C=O) groups is 1. The van der Waals surface area contributed by atoms with E-state index in [1.165, 1.54) is 12.8 Å². The molecule has 2 fully saturated rings. The van der Waals surface area contributed by atoms with Crippen LogP contribution >= 0.6 is 0 Å². The van der Waals surface area contributed by atoms with E-state index in [-0.39, 0.29) is 18.1 Å².